The Balaban J connectivity index is 2.17. The van der Waals surface area contributed by atoms with Gasteiger partial charge in [-0.2, -0.15) is 0 Å². The number of methoxy groups -OCH3 is 1. The minimum Gasteiger partial charge on any atom is -0.385 e. The van der Waals surface area contributed by atoms with Gasteiger partial charge in [-0.25, -0.2) is 9.18 Å². The second-order valence-corrected chi connectivity index (χ2v) is 5.28. The van der Waals surface area contributed by atoms with Crippen LogP contribution in [-0.2, 0) is 11.2 Å². The Kier molecular flexibility index (Phi) is 8.22. The van der Waals surface area contributed by atoms with Gasteiger partial charge >= 0.3 is 6.03 Å². The highest BCUT2D eigenvalue weighted by Gasteiger charge is 2.04. The van der Waals surface area contributed by atoms with Crippen molar-refractivity contribution in [1.82, 2.24) is 10.6 Å². The molecule has 0 aliphatic carbocycles. The standard InChI is InChI=1S/C14H20BrFN2O2/c1-20-9-3-2-7-17-14(19)18-8-6-11-10-12(15)4-5-13(11)16/h4-5,10H,2-3,6-9H2,1H3,(H2,17,18,19). The summed E-state index contributed by atoms with van der Waals surface area (Å²) in [4.78, 5) is 11.5. The number of amides is 2. The fourth-order valence-electron chi connectivity index (χ4n) is 1.68. The molecule has 112 valence electrons. The SMILES string of the molecule is COCCCCNC(=O)NCCc1cc(Br)ccc1F. The molecule has 6 heteroatoms. The molecule has 0 saturated carbocycles. The number of benzene rings is 1. The lowest BCUT2D eigenvalue weighted by Gasteiger charge is -2.08. The summed E-state index contributed by atoms with van der Waals surface area (Å²) in [6.45, 7) is 1.71. The number of carbonyl (C=O) groups is 1. The van der Waals surface area contributed by atoms with Crippen LogP contribution in [0.15, 0.2) is 22.7 Å². The third-order valence-electron chi connectivity index (χ3n) is 2.75. The summed E-state index contributed by atoms with van der Waals surface area (Å²) in [5, 5.41) is 5.45. The van der Waals surface area contributed by atoms with Gasteiger partial charge in [0.05, 0.1) is 0 Å². The fourth-order valence-corrected chi connectivity index (χ4v) is 2.09. The number of hydrogen-bond acceptors (Lipinski definition) is 2. The van der Waals surface area contributed by atoms with E-state index in [0.29, 0.717) is 31.7 Å². The normalized spacial score (nSPS) is 10.3. The van der Waals surface area contributed by atoms with Gasteiger partial charge in [0.15, 0.2) is 0 Å². The molecule has 0 bridgehead atoms. The summed E-state index contributed by atoms with van der Waals surface area (Å²) in [6, 6.07) is 4.56. The van der Waals surface area contributed by atoms with Crippen molar-refractivity contribution < 1.29 is 13.9 Å². The second-order valence-electron chi connectivity index (χ2n) is 4.37. The van der Waals surface area contributed by atoms with Gasteiger partial charge in [-0.1, -0.05) is 15.9 Å². The minimum absolute atomic E-state index is 0.224. The molecule has 1 rings (SSSR count). The Labute approximate surface area is 127 Å². The molecule has 0 aliphatic rings. The quantitative estimate of drug-likeness (QED) is 0.711. The summed E-state index contributed by atoms with van der Waals surface area (Å²) in [5.41, 5.74) is 0.583. The van der Waals surface area contributed by atoms with E-state index in [9.17, 15) is 9.18 Å². The maximum absolute atomic E-state index is 13.5. The Hall–Kier alpha value is -1.14. The molecule has 0 unspecified atom stereocenters. The van der Waals surface area contributed by atoms with Crippen LogP contribution in [0.2, 0.25) is 0 Å². The monoisotopic (exact) mass is 346 g/mol. The molecule has 20 heavy (non-hydrogen) atoms. The zero-order valence-electron chi connectivity index (χ0n) is 11.5. The van der Waals surface area contributed by atoms with Crippen LogP contribution in [0, 0.1) is 5.82 Å². The van der Waals surface area contributed by atoms with E-state index in [1.807, 2.05) is 0 Å². The molecule has 0 aliphatic heterocycles. The molecule has 0 radical (unpaired) electrons. The first kappa shape index (κ1) is 16.9. The highest BCUT2D eigenvalue weighted by molar-refractivity contribution is 9.10. The van der Waals surface area contributed by atoms with Crippen LogP contribution in [0.3, 0.4) is 0 Å². The average molecular weight is 347 g/mol. The molecular formula is C14H20BrFN2O2. The topological polar surface area (TPSA) is 50.4 Å². The van der Waals surface area contributed by atoms with Gasteiger partial charge in [0, 0.05) is 31.3 Å². The third-order valence-corrected chi connectivity index (χ3v) is 3.24. The van der Waals surface area contributed by atoms with Gasteiger partial charge in [-0.3, -0.25) is 0 Å². The average Bonchev–Trinajstić information content (AvgIpc) is 2.42. The summed E-state index contributed by atoms with van der Waals surface area (Å²) < 4.78 is 19.2. The minimum atomic E-state index is -0.255. The van der Waals surface area contributed by atoms with E-state index >= 15 is 0 Å². The van der Waals surface area contributed by atoms with E-state index in [1.165, 1.54) is 6.07 Å². The van der Waals surface area contributed by atoms with E-state index in [-0.39, 0.29) is 11.8 Å². The van der Waals surface area contributed by atoms with Crippen molar-refractivity contribution in [2.45, 2.75) is 19.3 Å². The van der Waals surface area contributed by atoms with Gasteiger partial charge < -0.3 is 15.4 Å². The number of unbranched alkanes of at least 4 members (excludes halogenated alkanes) is 1. The molecule has 0 atom stereocenters. The van der Waals surface area contributed by atoms with Crippen molar-refractivity contribution in [3.05, 3.63) is 34.1 Å². The van der Waals surface area contributed by atoms with E-state index in [0.717, 1.165) is 17.3 Å². The Morgan fingerprint density at radius 1 is 1.30 bits per heavy atom. The van der Waals surface area contributed by atoms with Gasteiger partial charge in [-0.15, -0.1) is 0 Å². The van der Waals surface area contributed by atoms with Gasteiger partial charge in [-0.05, 0) is 43.0 Å². The lowest BCUT2D eigenvalue weighted by Crippen LogP contribution is -2.37. The van der Waals surface area contributed by atoms with Crippen molar-refractivity contribution >= 4 is 22.0 Å². The first-order valence-electron chi connectivity index (χ1n) is 6.58. The summed E-state index contributed by atoms with van der Waals surface area (Å²) in [6.07, 6.45) is 2.25. The maximum Gasteiger partial charge on any atom is 0.314 e. The molecular weight excluding hydrogens is 327 g/mol. The molecule has 0 spiro atoms. The number of hydrogen-bond donors (Lipinski definition) is 2. The smallest absolute Gasteiger partial charge is 0.314 e. The summed E-state index contributed by atoms with van der Waals surface area (Å²) >= 11 is 3.30. The number of carbonyl (C=O) groups excluding carboxylic acids is 1. The Morgan fingerprint density at radius 2 is 2.05 bits per heavy atom. The molecule has 4 nitrogen and oxygen atoms in total. The van der Waals surface area contributed by atoms with Crippen LogP contribution in [0.25, 0.3) is 0 Å². The maximum atomic E-state index is 13.5. The Bertz CT molecular complexity index is 430. The molecule has 1 aromatic rings. The molecule has 0 saturated heterocycles. The van der Waals surface area contributed by atoms with Crippen LogP contribution < -0.4 is 10.6 Å². The van der Waals surface area contributed by atoms with Gasteiger partial charge in [0.25, 0.3) is 0 Å². The van der Waals surface area contributed by atoms with Crippen LogP contribution in [0.5, 0.6) is 0 Å². The lowest BCUT2D eigenvalue weighted by molar-refractivity contribution is 0.192. The van der Waals surface area contributed by atoms with Crippen LogP contribution >= 0.6 is 15.9 Å². The predicted molar refractivity (Wildman–Crippen MR) is 80.3 cm³/mol. The zero-order chi connectivity index (χ0) is 14.8. The molecule has 2 N–H and O–H groups in total. The van der Waals surface area contributed by atoms with Crippen molar-refractivity contribution in [3.63, 3.8) is 0 Å². The second kappa shape index (κ2) is 9.72. The first-order valence-corrected chi connectivity index (χ1v) is 7.37. The third kappa shape index (κ3) is 6.86. The highest BCUT2D eigenvalue weighted by atomic mass is 79.9. The molecule has 1 aromatic carbocycles. The summed E-state index contributed by atoms with van der Waals surface area (Å²) in [5.74, 6) is -0.255. The van der Waals surface area contributed by atoms with Gasteiger partial charge in [0.2, 0.25) is 0 Å². The van der Waals surface area contributed by atoms with Crippen molar-refractivity contribution in [1.29, 1.82) is 0 Å². The first-order chi connectivity index (χ1) is 9.63. The largest absolute Gasteiger partial charge is 0.385 e. The van der Waals surface area contributed by atoms with Crippen LogP contribution in [-0.4, -0.2) is 32.8 Å². The molecule has 0 fully saturated rings. The van der Waals surface area contributed by atoms with Gasteiger partial charge in [0.1, 0.15) is 5.82 Å². The number of ether oxygens (including phenoxy) is 1. The van der Waals surface area contributed by atoms with Crippen molar-refractivity contribution in [2.75, 3.05) is 26.8 Å². The van der Waals surface area contributed by atoms with E-state index in [2.05, 4.69) is 26.6 Å². The summed E-state index contributed by atoms with van der Waals surface area (Å²) in [7, 11) is 1.65. The highest BCUT2D eigenvalue weighted by Crippen LogP contribution is 2.15. The van der Waals surface area contributed by atoms with Crippen LogP contribution in [0.4, 0.5) is 9.18 Å². The fraction of sp³-hybridized carbons (Fsp3) is 0.500. The lowest BCUT2D eigenvalue weighted by atomic mass is 10.1. The number of nitrogens with one attached hydrogen (secondary N) is 2. The van der Waals surface area contributed by atoms with E-state index in [1.54, 1.807) is 19.2 Å². The van der Waals surface area contributed by atoms with E-state index < -0.39 is 0 Å². The molecule has 0 aromatic heterocycles. The number of urea groups is 1. The number of rotatable bonds is 8. The Morgan fingerprint density at radius 3 is 2.80 bits per heavy atom. The van der Waals surface area contributed by atoms with Crippen molar-refractivity contribution in [3.8, 4) is 0 Å². The van der Waals surface area contributed by atoms with E-state index in [4.69, 9.17) is 4.74 Å². The van der Waals surface area contributed by atoms with Crippen LogP contribution in [0.1, 0.15) is 18.4 Å². The van der Waals surface area contributed by atoms with Crippen molar-refractivity contribution in [2.24, 2.45) is 0 Å². The molecule has 2 amide bonds. The predicted octanol–water partition coefficient (Wildman–Crippen LogP) is 2.86. The zero-order valence-corrected chi connectivity index (χ0v) is 13.1. The number of halogens is 2. The molecule has 0 heterocycles.